The van der Waals surface area contributed by atoms with Crippen molar-refractivity contribution in [3.63, 3.8) is 0 Å². The highest BCUT2D eigenvalue weighted by Crippen LogP contribution is 2.24. The van der Waals surface area contributed by atoms with Crippen LogP contribution in [0.3, 0.4) is 0 Å². The molecule has 1 fully saturated rings. The van der Waals surface area contributed by atoms with Crippen LogP contribution < -0.4 is 11.1 Å². The van der Waals surface area contributed by atoms with E-state index in [1.807, 2.05) is 13.8 Å². The molecule has 1 amide bonds. The van der Waals surface area contributed by atoms with Crippen LogP contribution in [0.4, 0.5) is 0 Å². The van der Waals surface area contributed by atoms with Gasteiger partial charge in [0.25, 0.3) is 0 Å². The minimum Gasteiger partial charge on any atom is -0.394 e. The molecule has 0 saturated heterocycles. The molecule has 0 radical (unpaired) electrons. The van der Waals surface area contributed by atoms with Crippen molar-refractivity contribution < 1.29 is 9.90 Å². The quantitative estimate of drug-likeness (QED) is 0.665. The number of carbonyl (C=O) groups is 1. The van der Waals surface area contributed by atoms with Gasteiger partial charge in [-0.25, -0.2) is 0 Å². The van der Waals surface area contributed by atoms with Crippen molar-refractivity contribution in [1.82, 2.24) is 5.32 Å². The first-order chi connectivity index (χ1) is 7.52. The Kier molecular flexibility index (Phi) is 4.74. The lowest BCUT2D eigenvalue weighted by Crippen LogP contribution is -2.53. The van der Waals surface area contributed by atoms with E-state index in [-0.39, 0.29) is 24.5 Å². The molecule has 1 rings (SSSR count). The van der Waals surface area contributed by atoms with E-state index in [1.165, 1.54) is 0 Å². The summed E-state index contributed by atoms with van der Waals surface area (Å²) in [5.41, 5.74) is 5.45. The molecule has 3 unspecified atom stereocenters. The Labute approximate surface area is 97.6 Å². The van der Waals surface area contributed by atoms with Gasteiger partial charge in [-0.05, 0) is 26.2 Å². The predicted octanol–water partition coefficient (Wildman–Crippen LogP) is 0.781. The van der Waals surface area contributed by atoms with Crippen molar-refractivity contribution in [3.8, 4) is 0 Å². The SMILES string of the molecule is CCC(C)(CO)NC(=O)C1CCCCC1N. The summed E-state index contributed by atoms with van der Waals surface area (Å²) >= 11 is 0. The molecule has 1 aliphatic rings. The molecule has 4 nitrogen and oxygen atoms in total. The van der Waals surface area contributed by atoms with Crippen molar-refractivity contribution in [3.05, 3.63) is 0 Å². The lowest BCUT2D eigenvalue weighted by Gasteiger charge is -2.33. The van der Waals surface area contributed by atoms with E-state index < -0.39 is 5.54 Å². The predicted molar refractivity (Wildman–Crippen MR) is 63.9 cm³/mol. The van der Waals surface area contributed by atoms with E-state index in [1.54, 1.807) is 0 Å². The average molecular weight is 228 g/mol. The standard InChI is InChI=1S/C12H24N2O2/c1-3-12(2,8-15)14-11(16)9-6-4-5-7-10(9)13/h9-10,15H,3-8,13H2,1-2H3,(H,14,16). The van der Waals surface area contributed by atoms with Gasteiger partial charge in [-0.1, -0.05) is 19.8 Å². The van der Waals surface area contributed by atoms with Crippen molar-refractivity contribution >= 4 is 5.91 Å². The number of aliphatic hydroxyl groups excluding tert-OH is 1. The van der Waals surface area contributed by atoms with Crippen molar-refractivity contribution in [2.75, 3.05) is 6.61 Å². The largest absolute Gasteiger partial charge is 0.394 e. The third-order valence-corrected chi connectivity index (χ3v) is 3.71. The number of carbonyl (C=O) groups excluding carboxylic acids is 1. The fraction of sp³-hybridized carbons (Fsp3) is 0.917. The summed E-state index contributed by atoms with van der Waals surface area (Å²) in [6, 6.07) is -0.0199. The van der Waals surface area contributed by atoms with E-state index >= 15 is 0 Å². The monoisotopic (exact) mass is 228 g/mol. The topological polar surface area (TPSA) is 75.3 Å². The van der Waals surface area contributed by atoms with Crippen LogP contribution in [0.15, 0.2) is 0 Å². The first kappa shape index (κ1) is 13.5. The van der Waals surface area contributed by atoms with Crippen LogP contribution >= 0.6 is 0 Å². The summed E-state index contributed by atoms with van der Waals surface area (Å²) in [7, 11) is 0. The highest BCUT2D eigenvalue weighted by molar-refractivity contribution is 5.80. The molecule has 94 valence electrons. The first-order valence-electron chi connectivity index (χ1n) is 6.21. The van der Waals surface area contributed by atoms with Gasteiger partial charge in [0.05, 0.1) is 18.1 Å². The average Bonchev–Trinajstić information content (AvgIpc) is 2.29. The second-order valence-corrected chi connectivity index (χ2v) is 5.12. The van der Waals surface area contributed by atoms with Gasteiger partial charge in [-0.3, -0.25) is 4.79 Å². The van der Waals surface area contributed by atoms with E-state index in [0.29, 0.717) is 0 Å². The number of hydrogen-bond donors (Lipinski definition) is 3. The smallest absolute Gasteiger partial charge is 0.225 e. The molecule has 0 heterocycles. The van der Waals surface area contributed by atoms with Gasteiger partial charge in [0.15, 0.2) is 0 Å². The second kappa shape index (κ2) is 5.64. The number of amides is 1. The van der Waals surface area contributed by atoms with Gasteiger partial charge >= 0.3 is 0 Å². The van der Waals surface area contributed by atoms with E-state index in [0.717, 1.165) is 32.1 Å². The van der Waals surface area contributed by atoms with E-state index in [4.69, 9.17) is 5.73 Å². The third-order valence-electron chi connectivity index (χ3n) is 3.71. The van der Waals surface area contributed by atoms with Gasteiger partial charge in [0, 0.05) is 6.04 Å². The Hall–Kier alpha value is -0.610. The molecule has 0 aliphatic heterocycles. The van der Waals surface area contributed by atoms with Crippen LogP contribution in [0, 0.1) is 5.92 Å². The van der Waals surface area contributed by atoms with Crippen LogP contribution in [0.5, 0.6) is 0 Å². The van der Waals surface area contributed by atoms with Crippen LogP contribution in [0.2, 0.25) is 0 Å². The molecule has 1 saturated carbocycles. The van der Waals surface area contributed by atoms with Crippen LogP contribution in [0.25, 0.3) is 0 Å². The van der Waals surface area contributed by atoms with Crippen LogP contribution in [-0.4, -0.2) is 29.2 Å². The van der Waals surface area contributed by atoms with Crippen molar-refractivity contribution in [2.45, 2.75) is 57.5 Å². The fourth-order valence-electron chi connectivity index (χ4n) is 2.11. The molecule has 0 bridgehead atoms. The van der Waals surface area contributed by atoms with Crippen LogP contribution in [-0.2, 0) is 4.79 Å². The summed E-state index contributed by atoms with van der Waals surface area (Å²) in [5, 5.41) is 12.2. The van der Waals surface area contributed by atoms with Gasteiger partial charge < -0.3 is 16.2 Å². The zero-order valence-electron chi connectivity index (χ0n) is 10.3. The Balaban J connectivity index is 2.56. The van der Waals surface area contributed by atoms with E-state index in [9.17, 15) is 9.90 Å². The lowest BCUT2D eigenvalue weighted by atomic mass is 9.83. The lowest BCUT2D eigenvalue weighted by molar-refractivity contribution is -0.128. The molecule has 0 spiro atoms. The Morgan fingerprint density at radius 1 is 1.50 bits per heavy atom. The van der Waals surface area contributed by atoms with Crippen molar-refractivity contribution in [2.24, 2.45) is 11.7 Å². The minimum atomic E-state index is -0.506. The summed E-state index contributed by atoms with van der Waals surface area (Å²) < 4.78 is 0. The zero-order chi connectivity index (χ0) is 12.2. The van der Waals surface area contributed by atoms with E-state index in [2.05, 4.69) is 5.32 Å². The fourth-order valence-corrected chi connectivity index (χ4v) is 2.11. The number of hydrogen-bond acceptors (Lipinski definition) is 3. The molecule has 1 aliphatic carbocycles. The maximum absolute atomic E-state index is 12.0. The minimum absolute atomic E-state index is 0.00519. The first-order valence-corrected chi connectivity index (χ1v) is 6.21. The molecule has 4 N–H and O–H groups in total. The summed E-state index contributed by atoms with van der Waals surface area (Å²) in [6.45, 7) is 3.79. The maximum Gasteiger partial charge on any atom is 0.225 e. The molecule has 0 aromatic carbocycles. The summed E-state index contributed by atoms with van der Waals surface area (Å²) in [5.74, 6) is -0.0724. The highest BCUT2D eigenvalue weighted by atomic mass is 16.3. The zero-order valence-corrected chi connectivity index (χ0v) is 10.3. The molecule has 0 aromatic heterocycles. The number of nitrogens with two attached hydrogens (primary N) is 1. The van der Waals surface area contributed by atoms with Crippen molar-refractivity contribution in [1.29, 1.82) is 0 Å². The molecule has 0 aromatic rings. The summed E-state index contributed by atoms with van der Waals surface area (Å²) in [6.07, 6.45) is 4.72. The van der Waals surface area contributed by atoms with Gasteiger partial charge in [-0.15, -0.1) is 0 Å². The Bertz CT molecular complexity index is 239. The molecule has 3 atom stereocenters. The Morgan fingerprint density at radius 2 is 2.12 bits per heavy atom. The highest BCUT2D eigenvalue weighted by Gasteiger charge is 2.32. The molecular weight excluding hydrogens is 204 g/mol. The molecular formula is C12H24N2O2. The third kappa shape index (κ3) is 3.19. The molecule has 4 heteroatoms. The van der Waals surface area contributed by atoms with Gasteiger partial charge in [0.1, 0.15) is 0 Å². The van der Waals surface area contributed by atoms with Gasteiger partial charge in [0.2, 0.25) is 5.91 Å². The number of rotatable bonds is 4. The maximum atomic E-state index is 12.0. The molecule has 16 heavy (non-hydrogen) atoms. The summed E-state index contributed by atoms with van der Waals surface area (Å²) in [4.78, 5) is 12.0. The van der Waals surface area contributed by atoms with Gasteiger partial charge in [-0.2, -0.15) is 0 Å². The number of aliphatic hydroxyl groups is 1. The normalized spacial score (nSPS) is 29.5. The van der Waals surface area contributed by atoms with Crippen LogP contribution in [0.1, 0.15) is 46.0 Å². The second-order valence-electron chi connectivity index (χ2n) is 5.12. The Morgan fingerprint density at radius 3 is 2.62 bits per heavy atom. The number of nitrogens with one attached hydrogen (secondary N) is 1.